The summed E-state index contributed by atoms with van der Waals surface area (Å²) in [6.07, 6.45) is 4.62. The lowest BCUT2D eigenvalue weighted by Crippen LogP contribution is -2.22. The highest BCUT2D eigenvalue weighted by molar-refractivity contribution is 7.18. The third-order valence-corrected chi connectivity index (χ3v) is 6.86. The molecule has 0 fully saturated rings. The minimum atomic E-state index is -0.0529. The molecule has 1 aliphatic rings. The Morgan fingerprint density at radius 3 is 2.90 bits per heavy atom. The molecule has 160 valence electrons. The summed E-state index contributed by atoms with van der Waals surface area (Å²) in [5.74, 6) is 2.60. The molecule has 3 aromatic heterocycles. The Balaban J connectivity index is 1.46. The van der Waals surface area contributed by atoms with Gasteiger partial charge < -0.3 is 14.0 Å². The van der Waals surface area contributed by atoms with Crippen molar-refractivity contribution in [3.05, 3.63) is 51.2 Å². The SMILES string of the molecule is COc1ccc(-c2noc(Cn3cnc4sc5c(c4c3=O)CCC(C)C5)n2)cc1OC. The Morgan fingerprint density at radius 2 is 2.10 bits per heavy atom. The van der Waals surface area contributed by atoms with E-state index >= 15 is 0 Å². The third kappa shape index (κ3) is 3.48. The Morgan fingerprint density at radius 1 is 1.26 bits per heavy atom. The average molecular weight is 439 g/mol. The molecular weight excluding hydrogens is 416 g/mol. The molecule has 0 radical (unpaired) electrons. The van der Waals surface area contributed by atoms with Crippen LogP contribution in [0, 0.1) is 5.92 Å². The highest BCUT2D eigenvalue weighted by atomic mass is 32.1. The molecule has 3 heterocycles. The van der Waals surface area contributed by atoms with Crippen LogP contribution in [0.4, 0.5) is 0 Å². The number of aromatic nitrogens is 4. The van der Waals surface area contributed by atoms with Crippen molar-refractivity contribution in [3.63, 3.8) is 0 Å². The largest absolute Gasteiger partial charge is 0.493 e. The summed E-state index contributed by atoms with van der Waals surface area (Å²) >= 11 is 1.64. The first-order valence-electron chi connectivity index (χ1n) is 10.1. The Hall–Kier alpha value is -3.20. The topological polar surface area (TPSA) is 92.3 Å². The maximum Gasteiger partial charge on any atom is 0.262 e. The molecule has 5 rings (SSSR count). The zero-order chi connectivity index (χ0) is 21.5. The molecule has 0 bridgehead atoms. The molecule has 1 aromatic carbocycles. The van der Waals surface area contributed by atoms with Gasteiger partial charge in [-0.3, -0.25) is 9.36 Å². The second-order valence-corrected chi connectivity index (χ2v) is 8.87. The predicted octanol–water partition coefficient (Wildman–Crippen LogP) is 3.70. The summed E-state index contributed by atoms with van der Waals surface area (Å²) in [7, 11) is 3.15. The van der Waals surface area contributed by atoms with Crippen LogP contribution < -0.4 is 15.0 Å². The quantitative estimate of drug-likeness (QED) is 0.469. The number of rotatable bonds is 5. The fourth-order valence-electron chi connectivity index (χ4n) is 4.04. The number of benzene rings is 1. The summed E-state index contributed by atoms with van der Waals surface area (Å²) in [4.78, 5) is 24.3. The van der Waals surface area contributed by atoms with Crippen LogP contribution >= 0.6 is 11.3 Å². The molecule has 1 atom stereocenters. The van der Waals surface area contributed by atoms with Gasteiger partial charge in [-0.2, -0.15) is 4.98 Å². The smallest absolute Gasteiger partial charge is 0.262 e. The molecule has 0 saturated heterocycles. The summed E-state index contributed by atoms with van der Waals surface area (Å²) < 4.78 is 17.6. The van der Waals surface area contributed by atoms with Crippen LogP contribution in [-0.2, 0) is 19.4 Å². The number of aryl methyl sites for hydroxylation is 1. The standard InChI is InChI=1S/C22H22N4O4S/c1-12-4-6-14-17(8-12)31-21-19(14)22(27)26(11-23-21)10-18-24-20(25-30-18)13-5-7-15(28-2)16(9-13)29-3/h5,7,9,11-12H,4,6,8,10H2,1-3H3. The van der Waals surface area contributed by atoms with Gasteiger partial charge in [-0.05, 0) is 48.9 Å². The van der Waals surface area contributed by atoms with E-state index in [0.29, 0.717) is 29.1 Å². The molecule has 0 aliphatic heterocycles. The van der Waals surface area contributed by atoms with E-state index in [1.165, 1.54) is 10.4 Å². The van der Waals surface area contributed by atoms with E-state index in [4.69, 9.17) is 14.0 Å². The molecule has 1 aliphatic carbocycles. The van der Waals surface area contributed by atoms with Gasteiger partial charge in [0.2, 0.25) is 11.7 Å². The van der Waals surface area contributed by atoms with Gasteiger partial charge in [0, 0.05) is 10.4 Å². The number of fused-ring (bicyclic) bond motifs is 3. The predicted molar refractivity (Wildman–Crippen MR) is 117 cm³/mol. The molecule has 0 saturated carbocycles. The summed E-state index contributed by atoms with van der Waals surface area (Å²) in [6.45, 7) is 2.42. The maximum atomic E-state index is 13.2. The third-order valence-electron chi connectivity index (χ3n) is 5.70. The average Bonchev–Trinajstić information content (AvgIpc) is 3.39. The Kier molecular flexibility index (Phi) is 4.97. The van der Waals surface area contributed by atoms with Gasteiger partial charge in [-0.15, -0.1) is 11.3 Å². The minimum Gasteiger partial charge on any atom is -0.493 e. The highest BCUT2D eigenvalue weighted by Crippen LogP contribution is 2.35. The highest BCUT2D eigenvalue weighted by Gasteiger charge is 2.23. The first-order chi connectivity index (χ1) is 15.1. The van der Waals surface area contributed by atoms with Gasteiger partial charge in [0.15, 0.2) is 11.5 Å². The number of hydrogen-bond acceptors (Lipinski definition) is 8. The van der Waals surface area contributed by atoms with Crippen molar-refractivity contribution in [2.24, 2.45) is 5.92 Å². The van der Waals surface area contributed by atoms with E-state index < -0.39 is 0 Å². The van der Waals surface area contributed by atoms with Gasteiger partial charge in [-0.1, -0.05) is 12.1 Å². The first kappa shape index (κ1) is 19.7. The van der Waals surface area contributed by atoms with Gasteiger partial charge >= 0.3 is 0 Å². The fraction of sp³-hybridized carbons (Fsp3) is 0.364. The van der Waals surface area contributed by atoms with Crippen molar-refractivity contribution in [3.8, 4) is 22.9 Å². The van der Waals surface area contributed by atoms with Crippen LogP contribution in [0.25, 0.3) is 21.6 Å². The number of methoxy groups -OCH3 is 2. The lowest BCUT2D eigenvalue weighted by molar-refractivity contribution is 0.355. The van der Waals surface area contributed by atoms with Crippen molar-refractivity contribution in [1.82, 2.24) is 19.7 Å². The Bertz CT molecular complexity index is 1320. The van der Waals surface area contributed by atoms with Crippen molar-refractivity contribution < 1.29 is 14.0 Å². The van der Waals surface area contributed by atoms with Crippen LogP contribution in [0.2, 0.25) is 0 Å². The van der Waals surface area contributed by atoms with Gasteiger partial charge in [0.25, 0.3) is 5.56 Å². The molecule has 9 heteroatoms. The number of ether oxygens (including phenoxy) is 2. The normalized spacial score (nSPS) is 15.8. The van der Waals surface area contributed by atoms with E-state index in [2.05, 4.69) is 22.0 Å². The first-order valence-corrected chi connectivity index (χ1v) is 10.9. The second-order valence-electron chi connectivity index (χ2n) is 7.79. The van der Waals surface area contributed by atoms with Crippen LogP contribution in [0.1, 0.15) is 29.7 Å². The minimum absolute atomic E-state index is 0.0529. The molecule has 0 spiro atoms. The summed E-state index contributed by atoms with van der Waals surface area (Å²) in [6, 6.07) is 5.40. The number of hydrogen-bond donors (Lipinski definition) is 0. The van der Waals surface area contributed by atoms with E-state index in [1.807, 2.05) is 6.07 Å². The lowest BCUT2D eigenvalue weighted by Gasteiger charge is -2.17. The number of nitrogens with zero attached hydrogens (tertiary/aromatic N) is 4. The molecule has 4 aromatic rings. The van der Waals surface area contributed by atoms with Crippen molar-refractivity contribution in [2.45, 2.75) is 32.7 Å². The monoisotopic (exact) mass is 438 g/mol. The zero-order valence-corrected chi connectivity index (χ0v) is 18.4. The summed E-state index contributed by atoms with van der Waals surface area (Å²) in [5, 5.41) is 4.80. The fourth-order valence-corrected chi connectivity index (χ4v) is 5.38. The van der Waals surface area contributed by atoms with Crippen LogP contribution in [0.5, 0.6) is 11.5 Å². The lowest BCUT2D eigenvalue weighted by atomic mass is 9.89. The van der Waals surface area contributed by atoms with Crippen molar-refractivity contribution >= 4 is 21.6 Å². The number of thiophene rings is 1. The van der Waals surface area contributed by atoms with Crippen molar-refractivity contribution in [1.29, 1.82) is 0 Å². The molecule has 8 nitrogen and oxygen atoms in total. The molecular formula is C22H22N4O4S. The van der Waals surface area contributed by atoms with Crippen LogP contribution in [0.15, 0.2) is 33.8 Å². The van der Waals surface area contributed by atoms with Gasteiger partial charge in [-0.25, -0.2) is 4.98 Å². The zero-order valence-electron chi connectivity index (χ0n) is 17.5. The Labute approximate surface area is 182 Å². The van der Waals surface area contributed by atoms with E-state index in [9.17, 15) is 4.79 Å². The maximum absolute atomic E-state index is 13.2. The van der Waals surface area contributed by atoms with E-state index in [0.717, 1.165) is 35.0 Å². The van der Waals surface area contributed by atoms with Crippen LogP contribution in [-0.4, -0.2) is 33.9 Å². The molecule has 0 N–H and O–H groups in total. The van der Waals surface area contributed by atoms with Gasteiger partial charge in [0.05, 0.1) is 25.9 Å². The van der Waals surface area contributed by atoms with E-state index in [-0.39, 0.29) is 12.1 Å². The summed E-state index contributed by atoms with van der Waals surface area (Å²) in [5.41, 5.74) is 1.85. The van der Waals surface area contributed by atoms with E-state index in [1.54, 1.807) is 48.6 Å². The molecule has 0 amide bonds. The molecule has 31 heavy (non-hydrogen) atoms. The van der Waals surface area contributed by atoms with Gasteiger partial charge in [0.1, 0.15) is 11.4 Å². The molecule has 1 unspecified atom stereocenters. The second kappa shape index (κ2) is 7.81. The van der Waals surface area contributed by atoms with Crippen molar-refractivity contribution in [2.75, 3.05) is 14.2 Å². The van der Waals surface area contributed by atoms with Crippen LogP contribution in [0.3, 0.4) is 0 Å².